The van der Waals surface area contributed by atoms with Gasteiger partial charge in [-0.15, -0.1) is 0 Å². The highest BCUT2D eigenvalue weighted by molar-refractivity contribution is 5.88. The van der Waals surface area contributed by atoms with Crippen molar-refractivity contribution in [3.05, 3.63) is 71.3 Å². The third-order valence-electron chi connectivity index (χ3n) is 4.58. The Hall–Kier alpha value is -2.73. The Balaban J connectivity index is 1.81. The predicted molar refractivity (Wildman–Crippen MR) is 97.9 cm³/mol. The number of rotatable bonds is 5. The van der Waals surface area contributed by atoms with E-state index in [0.29, 0.717) is 18.8 Å². The fraction of sp³-hybridized carbons (Fsp3) is 0.238. The minimum atomic E-state index is -4.33. The molecule has 0 spiro atoms. The zero-order chi connectivity index (χ0) is 19.6. The maximum absolute atomic E-state index is 12.7. The van der Waals surface area contributed by atoms with Crippen LogP contribution in [0.3, 0.4) is 0 Å². The highest BCUT2D eigenvalue weighted by Crippen LogP contribution is 2.30. The molecule has 0 aliphatic rings. The Morgan fingerprint density at radius 1 is 0.963 bits per heavy atom. The minimum absolute atomic E-state index is 0.197. The lowest BCUT2D eigenvalue weighted by molar-refractivity contribution is -0.907. The first-order valence-electron chi connectivity index (χ1n) is 8.54. The maximum atomic E-state index is 12.7. The van der Waals surface area contributed by atoms with Gasteiger partial charge < -0.3 is 14.7 Å². The Labute approximate surface area is 155 Å². The highest BCUT2D eigenvalue weighted by atomic mass is 19.4. The number of fused-ring (bicyclic) bond motifs is 1. The first kappa shape index (κ1) is 19.0. The molecule has 6 heteroatoms. The van der Waals surface area contributed by atoms with Gasteiger partial charge in [0, 0.05) is 5.56 Å². The standard InChI is InChI=1S/C21H20F3NO2/c1-25(12-14-3-7-16(8-4-14)21(22,23)24)13-19-18-11-17(27-2)9-5-15(18)6-10-20(19)26/h3-11,26H,12-13H2,1-2H3/p+1. The van der Waals surface area contributed by atoms with Gasteiger partial charge >= 0.3 is 6.18 Å². The van der Waals surface area contributed by atoms with E-state index in [2.05, 4.69) is 0 Å². The molecule has 2 N–H and O–H groups in total. The number of benzene rings is 3. The molecule has 3 aromatic carbocycles. The zero-order valence-corrected chi connectivity index (χ0v) is 15.1. The van der Waals surface area contributed by atoms with E-state index in [-0.39, 0.29) is 5.75 Å². The van der Waals surface area contributed by atoms with E-state index < -0.39 is 11.7 Å². The molecule has 0 saturated carbocycles. The summed E-state index contributed by atoms with van der Waals surface area (Å²) in [6.07, 6.45) is -4.33. The Morgan fingerprint density at radius 2 is 1.63 bits per heavy atom. The van der Waals surface area contributed by atoms with Gasteiger partial charge in [-0.1, -0.05) is 24.3 Å². The summed E-state index contributed by atoms with van der Waals surface area (Å²) in [5, 5.41) is 12.2. The van der Waals surface area contributed by atoms with Crippen molar-refractivity contribution in [3.8, 4) is 11.5 Å². The maximum Gasteiger partial charge on any atom is 0.416 e. The Kier molecular flexibility index (Phi) is 5.28. The van der Waals surface area contributed by atoms with Gasteiger partial charge in [-0.3, -0.25) is 0 Å². The van der Waals surface area contributed by atoms with Crippen LogP contribution in [0.25, 0.3) is 10.8 Å². The summed E-state index contributed by atoms with van der Waals surface area (Å²) in [6, 6.07) is 14.4. The number of hydrogen-bond donors (Lipinski definition) is 2. The second kappa shape index (κ2) is 7.48. The monoisotopic (exact) mass is 376 g/mol. The summed E-state index contributed by atoms with van der Waals surface area (Å²) in [5.74, 6) is 0.900. The van der Waals surface area contributed by atoms with Gasteiger partial charge in [0.25, 0.3) is 0 Å². The normalized spacial score (nSPS) is 12.9. The smallest absolute Gasteiger partial charge is 0.416 e. The van der Waals surface area contributed by atoms with E-state index in [1.165, 1.54) is 12.1 Å². The summed E-state index contributed by atoms with van der Waals surface area (Å²) in [6.45, 7) is 1.06. The number of alkyl halides is 3. The molecule has 0 fully saturated rings. The van der Waals surface area contributed by atoms with Gasteiger partial charge in [0.15, 0.2) is 0 Å². The van der Waals surface area contributed by atoms with Crippen LogP contribution in [0, 0.1) is 0 Å². The molecule has 1 atom stereocenters. The number of halogens is 3. The molecule has 0 aliphatic carbocycles. The van der Waals surface area contributed by atoms with Gasteiger partial charge in [-0.2, -0.15) is 13.2 Å². The number of ether oxygens (including phenoxy) is 1. The number of aromatic hydroxyl groups is 1. The molecule has 27 heavy (non-hydrogen) atoms. The molecule has 0 aromatic heterocycles. The van der Waals surface area contributed by atoms with E-state index in [4.69, 9.17) is 4.74 Å². The largest absolute Gasteiger partial charge is 0.507 e. The fourth-order valence-corrected chi connectivity index (χ4v) is 3.19. The van der Waals surface area contributed by atoms with Crippen LogP contribution in [0.4, 0.5) is 13.2 Å². The minimum Gasteiger partial charge on any atom is -0.507 e. The first-order valence-corrected chi connectivity index (χ1v) is 8.54. The average molecular weight is 376 g/mol. The molecule has 142 valence electrons. The summed E-state index contributed by atoms with van der Waals surface area (Å²) in [5.41, 5.74) is 0.941. The van der Waals surface area contributed by atoms with Crippen molar-refractivity contribution in [2.75, 3.05) is 14.2 Å². The molecular formula is C21H21F3NO2+. The Bertz CT molecular complexity index is 937. The van der Waals surface area contributed by atoms with Crippen LogP contribution >= 0.6 is 0 Å². The summed E-state index contributed by atoms with van der Waals surface area (Å²) in [4.78, 5) is 1.04. The van der Waals surface area contributed by atoms with Crippen molar-refractivity contribution >= 4 is 10.8 Å². The summed E-state index contributed by atoms with van der Waals surface area (Å²) in [7, 11) is 3.53. The van der Waals surface area contributed by atoms with E-state index in [0.717, 1.165) is 38.9 Å². The number of methoxy groups -OCH3 is 1. The Morgan fingerprint density at radius 3 is 2.26 bits per heavy atom. The van der Waals surface area contributed by atoms with Crippen LogP contribution in [0.1, 0.15) is 16.7 Å². The lowest BCUT2D eigenvalue weighted by atomic mass is 10.0. The zero-order valence-electron chi connectivity index (χ0n) is 15.1. The number of phenolic OH excluding ortho intramolecular Hbond substituents is 1. The van der Waals surface area contributed by atoms with Crippen molar-refractivity contribution in [2.45, 2.75) is 19.3 Å². The number of quaternary nitrogens is 1. The molecule has 0 heterocycles. The number of hydrogen-bond acceptors (Lipinski definition) is 2. The van der Waals surface area contributed by atoms with Crippen LogP contribution in [-0.2, 0) is 19.3 Å². The fourth-order valence-electron chi connectivity index (χ4n) is 3.19. The van der Waals surface area contributed by atoms with Gasteiger partial charge in [0.2, 0.25) is 0 Å². The molecule has 0 bridgehead atoms. The molecule has 0 saturated heterocycles. The van der Waals surface area contributed by atoms with Crippen molar-refractivity contribution < 1.29 is 27.9 Å². The van der Waals surface area contributed by atoms with Crippen molar-refractivity contribution in [2.24, 2.45) is 0 Å². The quantitative estimate of drug-likeness (QED) is 0.711. The number of phenols is 1. The van der Waals surface area contributed by atoms with Crippen LogP contribution in [0.15, 0.2) is 54.6 Å². The molecule has 3 nitrogen and oxygen atoms in total. The number of nitrogens with one attached hydrogen (secondary N) is 1. The summed E-state index contributed by atoms with van der Waals surface area (Å²) < 4.78 is 43.3. The van der Waals surface area contributed by atoms with Gasteiger partial charge in [0.1, 0.15) is 24.6 Å². The third-order valence-corrected chi connectivity index (χ3v) is 4.58. The van der Waals surface area contributed by atoms with Crippen LogP contribution in [-0.4, -0.2) is 19.3 Å². The van der Waals surface area contributed by atoms with E-state index in [1.807, 2.05) is 31.3 Å². The molecule has 0 aliphatic heterocycles. The van der Waals surface area contributed by atoms with E-state index in [1.54, 1.807) is 13.2 Å². The first-order chi connectivity index (χ1) is 12.8. The highest BCUT2D eigenvalue weighted by Gasteiger charge is 2.30. The molecule has 3 rings (SSSR count). The van der Waals surface area contributed by atoms with Crippen LogP contribution in [0.5, 0.6) is 11.5 Å². The van der Waals surface area contributed by atoms with Crippen LogP contribution < -0.4 is 9.64 Å². The van der Waals surface area contributed by atoms with Gasteiger partial charge in [-0.25, -0.2) is 0 Å². The van der Waals surface area contributed by atoms with E-state index >= 15 is 0 Å². The molecule has 1 unspecified atom stereocenters. The average Bonchev–Trinajstić information content (AvgIpc) is 2.63. The van der Waals surface area contributed by atoms with Crippen molar-refractivity contribution in [1.29, 1.82) is 0 Å². The summed E-state index contributed by atoms with van der Waals surface area (Å²) >= 11 is 0. The second-order valence-corrected chi connectivity index (χ2v) is 6.66. The predicted octanol–water partition coefficient (Wildman–Crippen LogP) is 3.79. The van der Waals surface area contributed by atoms with Crippen LogP contribution in [0.2, 0.25) is 0 Å². The molecule has 3 aromatic rings. The third kappa shape index (κ3) is 4.34. The molecular weight excluding hydrogens is 355 g/mol. The molecule has 0 amide bonds. The second-order valence-electron chi connectivity index (χ2n) is 6.66. The van der Waals surface area contributed by atoms with E-state index in [9.17, 15) is 18.3 Å². The van der Waals surface area contributed by atoms with Gasteiger partial charge in [-0.05, 0) is 41.1 Å². The van der Waals surface area contributed by atoms with Crippen molar-refractivity contribution in [3.63, 3.8) is 0 Å². The lowest BCUT2D eigenvalue weighted by Crippen LogP contribution is -3.06. The van der Waals surface area contributed by atoms with Gasteiger partial charge in [0.05, 0.1) is 25.3 Å². The van der Waals surface area contributed by atoms with Crippen molar-refractivity contribution in [1.82, 2.24) is 0 Å². The SMILES string of the molecule is COc1ccc2ccc(O)c(C[NH+](C)Cc3ccc(C(F)(F)F)cc3)c2c1. The topological polar surface area (TPSA) is 33.9 Å². The molecule has 0 radical (unpaired) electrons. The lowest BCUT2D eigenvalue weighted by Gasteiger charge is -2.17.